The first-order valence-electron chi connectivity index (χ1n) is 5.88. The summed E-state index contributed by atoms with van der Waals surface area (Å²) < 4.78 is 10.9. The molecule has 0 aliphatic rings. The van der Waals surface area contributed by atoms with Gasteiger partial charge in [-0.25, -0.2) is 9.78 Å². The molecular weight excluding hydrogens is 342 g/mol. The van der Waals surface area contributed by atoms with Gasteiger partial charge in [0.15, 0.2) is 0 Å². The Hall–Kier alpha value is -1.66. The highest BCUT2D eigenvalue weighted by molar-refractivity contribution is 9.08. The number of aryl methyl sites for hydroxylation is 1. The van der Waals surface area contributed by atoms with Gasteiger partial charge in [-0.05, 0) is 24.6 Å². The van der Waals surface area contributed by atoms with E-state index in [1.165, 1.54) is 11.3 Å². The van der Waals surface area contributed by atoms with Crippen molar-refractivity contribution in [2.24, 2.45) is 0 Å². The largest absolute Gasteiger partial charge is 0.431 e. The van der Waals surface area contributed by atoms with Gasteiger partial charge in [-0.3, -0.25) is 0 Å². The van der Waals surface area contributed by atoms with E-state index in [0.717, 1.165) is 10.9 Å². The highest BCUT2D eigenvalue weighted by Crippen LogP contribution is 2.28. The summed E-state index contributed by atoms with van der Waals surface area (Å²) in [5, 5.41) is 3.78. The van der Waals surface area contributed by atoms with Crippen LogP contribution in [0.5, 0.6) is 10.9 Å². The predicted octanol–water partition coefficient (Wildman–Crippen LogP) is 4.25. The molecule has 3 rings (SSSR count). The zero-order valence-corrected chi connectivity index (χ0v) is 13.0. The number of aromatic nitrogens is 1. The Morgan fingerprint density at radius 3 is 3.00 bits per heavy atom. The monoisotopic (exact) mass is 351 g/mol. The number of hydrogen-bond donors (Lipinski definition) is 0. The Bertz CT molecular complexity index is 811. The van der Waals surface area contributed by atoms with E-state index in [1.807, 2.05) is 24.4 Å². The standard InChI is InChI=1S/C14H10BrNO3S/c1-8-10-3-2-9(18-14-16-4-5-20-14)6-12(10)19-13(17)11(8)7-15/h2-6H,7H2,1H3. The first kappa shape index (κ1) is 13.3. The third-order valence-electron chi connectivity index (χ3n) is 3.01. The number of alkyl halides is 1. The molecule has 0 radical (unpaired) electrons. The molecule has 0 aliphatic heterocycles. The number of halogens is 1. The summed E-state index contributed by atoms with van der Waals surface area (Å²) in [5.41, 5.74) is 1.77. The van der Waals surface area contributed by atoms with Gasteiger partial charge in [-0.15, -0.1) is 0 Å². The average molecular weight is 352 g/mol. The van der Waals surface area contributed by atoms with Gasteiger partial charge < -0.3 is 9.15 Å². The zero-order valence-electron chi connectivity index (χ0n) is 10.6. The Morgan fingerprint density at radius 1 is 1.45 bits per heavy atom. The van der Waals surface area contributed by atoms with E-state index in [2.05, 4.69) is 20.9 Å². The van der Waals surface area contributed by atoms with Crippen molar-refractivity contribution >= 4 is 38.2 Å². The van der Waals surface area contributed by atoms with Gasteiger partial charge >= 0.3 is 5.63 Å². The van der Waals surface area contributed by atoms with Crippen LogP contribution in [-0.4, -0.2) is 4.98 Å². The van der Waals surface area contributed by atoms with Crippen LogP contribution in [0.15, 0.2) is 39.0 Å². The second-order valence-electron chi connectivity index (χ2n) is 4.18. The molecule has 3 aromatic rings. The first-order valence-corrected chi connectivity index (χ1v) is 7.89. The van der Waals surface area contributed by atoms with E-state index in [0.29, 0.717) is 27.4 Å². The summed E-state index contributed by atoms with van der Waals surface area (Å²) in [6.07, 6.45) is 1.67. The lowest BCUT2D eigenvalue weighted by atomic mass is 10.1. The maximum absolute atomic E-state index is 11.9. The number of fused-ring (bicyclic) bond motifs is 1. The van der Waals surface area contributed by atoms with E-state index in [9.17, 15) is 4.79 Å². The maximum Gasteiger partial charge on any atom is 0.340 e. The first-order chi connectivity index (χ1) is 9.69. The van der Waals surface area contributed by atoms with Crippen molar-refractivity contribution in [1.29, 1.82) is 0 Å². The topological polar surface area (TPSA) is 52.3 Å². The highest BCUT2D eigenvalue weighted by Gasteiger charge is 2.11. The average Bonchev–Trinajstić information content (AvgIpc) is 2.91. The van der Waals surface area contributed by atoms with Gasteiger partial charge in [-0.2, -0.15) is 0 Å². The minimum atomic E-state index is -0.321. The van der Waals surface area contributed by atoms with Crippen LogP contribution in [-0.2, 0) is 5.33 Å². The molecule has 0 fully saturated rings. The normalized spacial score (nSPS) is 10.9. The number of benzene rings is 1. The summed E-state index contributed by atoms with van der Waals surface area (Å²) in [7, 11) is 0. The van der Waals surface area contributed by atoms with Crippen LogP contribution in [0.2, 0.25) is 0 Å². The van der Waals surface area contributed by atoms with Crippen molar-refractivity contribution in [3.63, 3.8) is 0 Å². The van der Waals surface area contributed by atoms with Crippen molar-refractivity contribution < 1.29 is 9.15 Å². The molecule has 1 aromatic carbocycles. The van der Waals surface area contributed by atoms with Gasteiger partial charge in [0.25, 0.3) is 5.19 Å². The van der Waals surface area contributed by atoms with Crippen LogP contribution in [0.1, 0.15) is 11.1 Å². The van der Waals surface area contributed by atoms with E-state index in [1.54, 1.807) is 12.3 Å². The van der Waals surface area contributed by atoms with E-state index in [4.69, 9.17) is 9.15 Å². The number of ether oxygens (including phenoxy) is 1. The van der Waals surface area contributed by atoms with Crippen LogP contribution in [0, 0.1) is 6.92 Å². The maximum atomic E-state index is 11.9. The number of hydrogen-bond acceptors (Lipinski definition) is 5. The van der Waals surface area contributed by atoms with Crippen LogP contribution < -0.4 is 10.4 Å². The van der Waals surface area contributed by atoms with Crippen molar-refractivity contribution in [1.82, 2.24) is 4.98 Å². The molecule has 102 valence electrons. The second-order valence-corrected chi connectivity index (χ2v) is 5.60. The van der Waals surface area contributed by atoms with Crippen LogP contribution in [0.3, 0.4) is 0 Å². The predicted molar refractivity (Wildman–Crippen MR) is 82.0 cm³/mol. The lowest BCUT2D eigenvalue weighted by Crippen LogP contribution is -2.08. The molecule has 0 unspecified atom stereocenters. The fourth-order valence-electron chi connectivity index (χ4n) is 1.95. The van der Waals surface area contributed by atoms with Crippen LogP contribution >= 0.6 is 27.3 Å². The summed E-state index contributed by atoms with van der Waals surface area (Å²) in [5.74, 6) is 0.599. The van der Waals surface area contributed by atoms with Gasteiger partial charge in [0.1, 0.15) is 11.3 Å². The highest BCUT2D eigenvalue weighted by atomic mass is 79.9. The molecule has 0 atom stereocenters. The van der Waals surface area contributed by atoms with Crippen molar-refractivity contribution in [2.45, 2.75) is 12.3 Å². The fraction of sp³-hybridized carbons (Fsp3) is 0.143. The molecule has 2 aromatic heterocycles. The Labute approximate surface area is 127 Å². The van der Waals surface area contributed by atoms with E-state index >= 15 is 0 Å². The molecule has 0 bridgehead atoms. The Balaban J connectivity index is 2.10. The molecule has 2 heterocycles. The quantitative estimate of drug-likeness (QED) is 0.523. The summed E-state index contributed by atoms with van der Waals surface area (Å²) >= 11 is 4.71. The number of rotatable bonds is 3. The molecule has 20 heavy (non-hydrogen) atoms. The summed E-state index contributed by atoms with van der Waals surface area (Å²) in [6, 6.07) is 5.45. The van der Waals surface area contributed by atoms with E-state index in [-0.39, 0.29) is 5.63 Å². The SMILES string of the molecule is Cc1c(CBr)c(=O)oc2cc(Oc3nccs3)ccc12. The third-order valence-corrected chi connectivity index (χ3v) is 4.22. The second kappa shape index (κ2) is 5.38. The fourth-order valence-corrected chi connectivity index (χ4v) is 3.11. The molecule has 0 saturated heterocycles. The Morgan fingerprint density at radius 2 is 2.30 bits per heavy atom. The third kappa shape index (κ3) is 2.36. The van der Waals surface area contributed by atoms with Crippen molar-refractivity contribution in [2.75, 3.05) is 0 Å². The minimum Gasteiger partial charge on any atom is -0.431 e. The molecule has 0 spiro atoms. The molecule has 4 nitrogen and oxygen atoms in total. The minimum absolute atomic E-state index is 0.321. The van der Waals surface area contributed by atoms with Gasteiger partial charge in [-0.1, -0.05) is 27.3 Å². The lowest BCUT2D eigenvalue weighted by Gasteiger charge is -2.07. The number of thiazole rings is 1. The Kier molecular flexibility index (Phi) is 3.58. The van der Waals surface area contributed by atoms with Crippen LogP contribution in [0.4, 0.5) is 0 Å². The molecule has 0 N–H and O–H groups in total. The van der Waals surface area contributed by atoms with Crippen molar-refractivity contribution in [3.8, 4) is 10.9 Å². The molecule has 6 heteroatoms. The summed E-state index contributed by atoms with van der Waals surface area (Å²) in [6.45, 7) is 1.91. The van der Waals surface area contributed by atoms with E-state index < -0.39 is 0 Å². The van der Waals surface area contributed by atoms with Gasteiger partial charge in [0.05, 0.1) is 5.56 Å². The smallest absolute Gasteiger partial charge is 0.340 e. The number of nitrogens with zero attached hydrogens (tertiary/aromatic N) is 1. The van der Waals surface area contributed by atoms with Gasteiger partial charge in [0.2, 0.25) is 0 Å². The zero-order chi connectivity index (χ0) is 14.1. The van der Waals surface area contributed by atoms with Crippen molar-refractivity contribution in [3.05, 3.63) is 51.3 Å². The summed E-state index contributed by atoms with van der Waals surface area (Å²) in [4.78, 5) is 15.9. The van der Waals surface area contributed by atoms with Crippen LogP contribution in [0.25, 0.3) is 11.0 Å². The molecular formula is C14H10BrNO3S. The lowest BCUT2D eigenvalue weighted by molar-refractivity contribution is 0.476. The molecule has 0 amide bonds. The molecule has 0 aliphatic carbocycles. The van der Waals surface area contributed by atoms with Gasteiger partial charge in [0, 0.05) is 28.4 Å². The molecule has 0 saturated carbocycles.